The molecule has 2 aromatic carbocycles. The molecule has 6 heteroatoms. The van der Waals surface area contributed by atoms with E-state index in [1.54, 1.807) is 13.2 Å². The van der Waals surface area contributed by atoms with Gasteiger partial charge in [-0.15, -0.1) is 0 Å². The van der Waals surface area contributed by atoms with E-state index < -0.39 is 0 Å². The number of hydrogen-bond donors (Lipinski definition) is 2. The van der Waals surface area contributed by atoms with Gasteiger partial charge in [0.1, 0.15) is 23.6 Å². The third-order valence-corrected chi connectivity index (χ3v) is 4.23. The van der Waals surface area contributed by atoms with E-state index >= 15 is 0 Å². The summed E-state index contributed by atoms with van der Waals surface area (Å²) in [5.41, 5.74) is 3.69. The molecule has 6 nitrogen and oxygen atoms in total. The number of carbonyl (C=O) groups excluding carboxylic acids is 1. The minimum Gasteiger partial charge on any atom is -0.497 e. The molecule has 3 aromatic rings. The van der Waals surface area contributed by atoms with Gasteiger partial charge in [0, 0.05) is 19.2 Å². The first kappa shape index (κ1) is 18.4. The molecular weight excluding hydrogens is 340 g/mol. The van der Waals surface area contributed by atoms with Crippen molar-refractivity contribution in [3.05, 3.63) is 83.3 Å². The SMILES string of the molecule is COc1ccc(CNC(=O)c2cc(NCc3ccccc3C)ncn2)cc1. The van der Waals surface area contributed by atoms with Crippen LogP contribution in [0.4, 0.5) is 5.82 Å². The van der Waals surface area contributed by atoms with E-state index in [0.717, 1.165) is 11.3 Å². The van der Waals surface area contributed by atoms with Crippen LogP contribution in [0, 0.1) is 6.92 Å². The van der Waals surface area contributed by atoms with E-state index in [-0.39, 0.29) is 5.91 Å². The Labute approximate surface area is 158 Å². The topological polar surface area (TPSA) is 76.1 Å². The van der Waals surface area contributed by atoms with Crippen molar-refractivity contribution in [1.82, 2.24) is 15.3 Å². The van der Waals surface area contributed by atoms with E-state index in [4.69, 9.17) is 4.74 Å². The van der Waals surface area contributed by atoms with Crippen LogP contribution < -0.4 is 15.4 Å². The lowest BCUT2D eigenvalue weighted by atomic mass is 10.1. The van der Waals surface area contributed by atoms with E-state index in [1.807, 2.05) is 36.4 Å². The van der Waals surface area contributed by atoms with Crippen LogP contribution in [0.5, 0.6) is 5.75 Å². The van der Waals surface area contributed by atoms with Crippen molar-refractivity contribution in [2.24, 2.45) is 0 Å². The third-order valence-electron chi connectivity index (χ3n) is 4.23. The highest BCUT2D eigenvalue weighted by Crippen LogP contribution is 2.12. The summed E-state index contributed by atoms with van der Waals surface area (Å²) in [5, 5.41) is 6.10. The number of rotatable bonds is 7. The van der Waals surface area contributed by atoms with Crippen LogP contribution in [0.2, 0.25) is 0 Å². The number of aryl methyl sites for hydroxylation is 1. The third kappa shape index (κ3) is 5.04. The zero-order chi connectivity index (χ0) is 19.1. The lowest BCUT2D eigenvalue weighted by Crippen LogP contribution is -2.24. The number of nitrogens with zero attached hydrogens (tertiary/aromatic N) is 2. The predicted octanol–water partition coefficient (Wildman–Crippen LogP) is 3.34. The highest BCUT2D eigenvalue weighted by atomic mass is 16.5. The van der Waals surface area contributed by atoms with E-state index in [0.29, 0.717) is 24.6 Å². The molecule has 1 heterocycles. The zero-order valence-corrected chi connectivity index (χ0v) is 15.4. The molecule has 3 rings (SSSR count). The Morgan fingerprint density at radius 2 is 1.81 bits per heavy atom. The number of nitrogens with one attached hydrogen (secondary N) is 2. The number of anilines is 1. The number of amides is 1. The largest absolute Gasteiger partial charge is 0.497 e. The first-order chi connectivity index (χ1) is 13.2. The van der Waals surface area contributed by atoms with Crippen LogP contribution in [0.1, 0.15) is 27.2 Å². The van der Waals surface area contributed by atoms with Gasteiger partial charge in [-0.3, -0.25) is 4.79 Å². The first-order valence-electron chi connectivity index (χ1n) is 8.67. The van der Waals surface area contributed by atoms with Gasteiger partial charge in [0.05, 0.1) is 7.11 Å². The van der Waals surface area contributed by atoms with Gasteiger partial charge in [0.15, 0.2) is 0 Å². The fraction of sp³-hybridized carbons (Fsp3) is 0.190. The van der Waals surface area contributed by atoms with Crippen LogP contribution in [0.3, 0.4) is 0 Å². The first-order valence-corrected chi connectivity index (χ1v) is 8.67. The molecule has 0 saturated carbocycles. The Morgan fingerprint density at radius 3 is 2.56 bits per heavy atom. The maximum Gasteiger partial charge on any atom is 0.270 e. The normalized spacial score (nSPS) is 10.3. The van der Waals surface area contributed by atoms with Gasteiger partial charge in [-0.2, -0.15) is 0 Å². The van der Waals surface area contributed by atoms with Crippen molar-refractivity contribution in [2.45, 2.75) is 20.0 Å². The molecule has 0 atom stereocenters. The van der Waals surface area contributed by atoms with Crippen molar-refractivity contribution in [3.63, 3.8) is 0 Å². The van der Waals surface area contributed by atoms with Crippen molar-refractivity contribution in [3.8, 4) is 5.75 Å². The van der Waals surface area contributed by atoms with Gasteiger partial charge in [0.25, 0.3) is 5.91 Å². The second-order valence-corrected chi connectivity index (χ2v) is 6.10. The van der Waals surface area contributed by atoms with E-state index in [9.17, 15) is 4.79 Å². The smallest absolute Gasteiger partial charge is 0.270 e. The fourth-order valence-electron chi connectivity index (χ4n) is 2.59. The number of methoxy groups -OCH3 is 1. The molecule has 1 amide bonds. The molecule has 0 unspecified atom stereocenters. The fourth-order valence-corrected chi connectivity index (χ4v) is 2.59. The summed E-state index contributed by atoms with van der Waals surface area (Å²) in [4.78, 5) is 20.6. The summed E-state index contributed by atoms with van der Waals surface area (Å²) in [6, 6.07) is 17.3. The Balaban J connectivity index is 1.58. The van der Waals surface area contributed by atoms with E-state index in [2.05, 4.69) is 39.7 Å². The van der Waals surface area contributed by atoms with Crippen LogP contribution in [0.25, 0.3) is 0 Å². The molecular formula is C21H22N4O2. The number of benzene rings is 2. The minimum absolute atomic E-state index is 0.243. The molecule has 0 spiro atoms. The second kappa shape index (κ2) is 8.80. The van der Waals surface area contributed by atoms with Crippen molar-refractivity contribution >= 4 is 11.7 Å². The summed E-state index contributed by atoms with van der Waals surface area (Å²) in [5.74, 6) is 1.15. The minimum atomic E-state index is -0.243. The molecule has 0 aliphatic rings. The molecule has 0 fully saturated rings. The lowest BCUT2D eigenvalue weighted by molar-refractivity contribution is 0.0946. The maximum absolute atomic E-state index is 12.4. The Hall–Kier alpha value is -3.41. The van der Waals surface area contributed by atoms with Crippen LogP contribution in [-0.4, -0.2) is 23.0 Å². The molecule has 1 aromatic heterocycles. The Kier molecular flexibility index (Phi) is 5.99. The van der Waals surface area contributed by atoms with Crippen LogP contribution >= 0.6 is 0 Å². The van der Waals surface area contributed by atoms with E-state index in [1.165, 1.54) is 17.5 Å². The van der Waals surface area contributed by atoms with Crippen molar-refractivity contribution in [2.75, 3.05) is 12.4 Å². The zero-order valence-electron chi connectivity index (χ0n) is 15.4. The van der Waals surface area contributed by atoms with Crippen LogP contribution in [-0.2, 0) is 13.1 Å². The molecule has 0 bridgehead atoms. The molecule has 2 N–H and O–H groups in total. The van der Waals surface area contributed by atoms with Gasteiger partial charge in [-0.05, 0) is 35.7 Å². The summed E-state index contributed by atoms with van der Waals surface area (Å²) in [6.07, 6.45) is 1.39. The summed E-state index contributed by atoms with van der Waals surface area (Å²) >= 11 is 0. The van der Waals surface area contributed by atoms with Gasteiger partial charge < -0.3 is 15.4 Å². The number of aromatic nitrogens is 2. The molecule has 0 aliphatic carbocycles. The summed E-state index contributed by atoms with van der Waals surface area (Å²) in [7, 11) is 1.62. The Morgan fingerprint density at radius 1 is 1.04 bits per heavy atom. The van der Waals surface area contributed by atoms with Crippen molar-refractivity contribution in [1.29, 1.82) is 0 Å². The molecule has 0 aliphatic heterocycles. The number of ether oxygens (including phenoxy) is 1. The highest BCUT2D eigenvalue weighted by Gasteiger charge is 2.09. The van der Waals surface area contributed by atoms with Crippen molar-refractivity contribution < 1.29 is 9.53 Å². The summed E-state index contributed by atoms with van der Waals surface area (Å²) < 4.78 is 5.13. The predicted molar refractivity (Wildman–Crippen MR) is 105 cm³/mol. The standard InChI is InChI=1S/C21H22N4O2/c1-15-5-3-4-6-17(15)13-22-20-11-19(24-14-25-20)21(26)23-12-16-7-9-18(27-2)10-8-16/h3-11,14H,12-13H2,1-2H3,(H,23,26)(H,22,24,25). The molecule has 138 valence electrons. The lowest BCUT2D eigenvalue weighted by Gasteiger charge is -2.09. The monoisotopic (exact) mass is 362 g/mol. The highest BCUT2D eigenvalue weighted by molar-refractivity contribution is 5.92. The molecule has 0 radical (unpaired) electrons. The van der Waals surface area contributed by atoms with Gasteiger partial charge in [-0.1, -0.05) is 36.4 Å². The number of hydrogen-bond acceptors (Lipinski definition) is 5. The Bertz CT molecular complexity index is 910. The average Bonchev–Trinajstić information content (AvgIpc) is 2.72. The number of carbonyl (C=O) groups is 1. The summed E-state index contributed by atoms with van der Waals surface area (Å²) in [6.45, 7) is 3.12. The molecule has 27 heavy (non-hydrogen) atoms. The van der Waals surface area contributed by atoms with Gasteiger partial charge in [0.2, 0.25) is 0 Å². The maximum atomic E-state index is 12.4. The average molecular weight is 362 g/mol. The van der Waals surface area contributed by atoms with Gasteiger partial charge in [-0.25, -0.2) is 9.97 Å². The van der Waals surface area contributed by atoms with Gasteiger partial charge >= 0.3 is 0 Å². The molecule has 0 saturated heterocycles. The quantitative estimate of drug-likeness (QED) is 0.674. The van der Waals surface area contributed by atoms with Crippen LogP contribution in [0.15, 0.2) is 60.9 Å². The second-order valence-electron chi connectivity index (χ2n) is 6.10.